The summed E-state index contributed by atoms with van der Waals surface area (Å²) in [6.07, 6.45) is 1.53. The van der Waals surface area contributed by atoms with Crippen molar-refractivity contribution in [2.45, 2.75) is 0 Å². The Balaban J connectivity index is 2.24. The largest absolute Gasteiger partial charge is 0.320 e. The number of hydrogen-bond donors (Lipinski definition) is 2. The maximum Gasteiger partial charge on any atom is 0.277 e. The minimum atomic E-state index is -0.367. The van der Waals surface area contributed by atoms with E-state index in [1.54, 1.807) is 12.1 Å². The van der Waals surface area contributed by atoms with Gasteiger partial charge in [-0.3, -0.25) is 10.1 Å². The fourth-order valence-electron chi connectivity index (χ4n) is 1.22. The molecule has 2 rings (SSSR count). The van der Waals surface area contributed by atoms with Crippen LogP contribution in [-0.4, -0.2) is 27.6 Å². The van der Waals surface area contributed by atoms with E-state index in [4.69, 9.17) is 5.73 Å². The molecule has 2 aromatic rings. The maximum absolute atomic E-state index is 12.0. The fraction of sp³-hybridized carbons (Fsp3) is 0.0909. The van der Waals surface area contributed by atoms with Crippen LogP contribution in [0.1, 0.15) is 16.1 Å². The second-order valence-electron chi connectivity index (χ2n) is 3.10. The molecule has 0 aromatic carbocycles. The van der Waals surface area contributed by atoms with Crippen LogP contribution in [0.5, 0.6) is 0 Å². The molecule has 0 bridgehead atoms. The van der Waals surface area contributed by atoms with E-state index in [2.05, 4.69) is 32.3 Å². The highest BCUT2D eigenvalue weighted by molar-refractivity contribution is 7.13. The second kappa shape index (κ2) is 5.86. The van der Waals surface area contributed by atoms with Gasteiger partial charge < -0.3 is 5.73 Å². The average Bonchev–Trinajstić information content (AvgIpc) is 2.89. The molecule has 0 fully saturated rings. The van der Waals surface area contributed by atoms with Crippen molar-refractivity contribution in [3.63, 3.8) is 0 Å². The van der Waals surface area contributed by atoms with Crippen molar-refractivity contribution in [2.24, 2.45) is 5.73 Å². The number of anilines is 1. The van der Waals surface area contributed by atoms with Gasteiger partial charge in [-0.25, -0.2) is 4.98 Å². The van der Waals surface area contributed by atoms with Crippen molar-refractivity contribution in [3.05, 3.63) is 35.1 Å². The van der Waals surface area contributed by atoms with E-state index >= 15 is 0 Å². The first-order chi connectivity index (χ1) is 8.81. The Morgan fingerprint density at radius 2 is 2.44 bits per heavy atom. The monoisotopic (exact) mass is 259 g/mol. The third-order valence-electron chi connectivity index (χ3n) is 1.93. The lowest BCUT2D eigenvalue weighted by Gasteiger charge is -2.02. The van der Waals surface area contributed by atoms with Crippen LogP contribution in [-0.2, 0) is 0 Å². The molecule has 0 aliphatic heterocycles. The number of rotatable bonds is 2. The predicted octanol–water partition coefficient (Wildman–Crippen LogP) is 0.496. The summed E-state index contributed by atoms with van der Waals surface area (Å²) in [7, 11) is 0. The van der Waals surface area contributed by atoms with Crippen LogP contribution in [0.25, 0.3) is 0 Å². The zero-order valence-electron chi connectivity index (χ0n) is 9.25. The number of pyridine rings is 1. The van der Waals surface area contributed by atoms with Crippen LogP contribution in [0, 0.1) is 11.8 Å². The summed E-state index contributed by atoms with van der Waals surface area (Å²) < 4.78 is 0. The lowest BCUT2D eigenvalue weighted by molar-refractivity contribution is 0.102. The molecule has 2 heterocycles. The summed E-state index contributed by atoms with van der Waals surface area (Å²) in [6, 6.07) is 3.42. The van der Waals surface area contributed by atoms with Gasteiger partial charge in [0.2, 0.25) is 5.13 Å². The quantitative estimate of drug-likeness (QED) is 0.766. The highest BCUT2D eigenvalue weighted by Crippen LogP contribution is 2.11. The fourth-order valence-corrected chi connectivity index (χ4v) is 1.66. The Labute approximate surface area is 107 Å². The third-order valence-corrected chi connectivity index (χ3v) is 2.54. The Morgan fingerprint density at radius 1 is 1.56 bits per heavy atom. The second-order valence-corrected chi connectivity index (χ2v) is 3.94. The Hall–Kier alpha value is -2.30. The van der Waals surface area contributed by atoms with Gasteiger partial charge in [0.25, 0.3) is 5.91 Å². The van der Waals surface area contributed by atoms with Crippen LogP contribution in [0.15, 0.2) is 23.8 Å². The molecule has 90 valence electrons. The molecule has 3 N–H and O–H groups in total. The predicted molar refractivity (Wildman–Crippen MR) is 68.0 cm³/mol. The summed E-state index contributed by atoms with van der Waals surface area (Å²) in [5.74, 6) is 5.13. The van der Waals surface area contributed by atoms with E-state index in [0.717, 1.165) is 0 Å². The third kappa shape index (κ3) is 2.88. The van der Waals surface area contributed by atoms with Gasteiger partial charge in [-0.05, 0) is 12.1 Å². The number of carbonyl (C=O) groups is 1. The van der Waals surface area contributed by atoms with Gasteiger partial charge in [-0.2, -0.15) is 0 Å². The highest BCUT2D eigenvalue weighted by atomic mass is 32.1. The average molecular weight is 259 g/mol. The van der Waals surface area contributed by atoms with Crippen LogP contribution < -0.4 is 11.1 Å². The lowest BCUT2D eigenvalue weighted by Crippen LogP contribution is -2.15. The molecule has 0 radical (unpaired) electrons. The molecule has 0 aliphatic rings. The van der Waals surface area contributed by atoms with Gasteiger partial charge in [0.15, 0.2) is 0 Å². The molecule has 7 heteroatoms. The normalized spacial score (nSPS) is 9.39. The molecule has 0 saturated heterocycles. The summed E-state index contributed by atoms with van der Waals surface area (Å²) in [5, 5.41) is 10.4. The van der Waals surface area contributed by atoms with E-state index in [9.17, 15) is 4.79 Å². The molecular formula is C11H9N5OS. The van der Waals surface area contributed by atoms with Gasteiger partial charge in [0.1, 0.15) is 11.2 Å². The van der Waals surface area contributed by atoms with Crippen molar-refractivity contribution in [1.82, 2.24) is 15.2 Å². The molecule has 1 amide bonds. The summed E-state index contributed by atoms with van der Waals surface area (Å²) in [5.41, 5.74) is 7.61. The molecule has 0 saturated carbocycles. The Kier molecular flexibility index (Phi) is 3.96. The van der Waals surface area contributed by atoms with E-state index in [-0.39, 0.29) is 18.1 Å². The number of carbonyl (C=O) groups excluding carboxylic acids is 1. The van der Waals surface area contributed by atoms with Crippen molar-refractivity contribution in [1.29, 1.82) is 0 Å². The van der Waals surface area contributed by atoms with Gasteiger partial charge in [0, 0.05) is 6.20 Å². The molecule has 0 spiro atoms. The Bertz CT molecular complexity index is 599. The molecular weight excluding hydrogens is 250 g/mol. The molecule has 0 aliphatic carbocycles. The van der Waals surface area contributed by atoms with Crippen LogP contribution in [0.4, 0.5) is 5.13 Å². The summed E-state index contributed by atoms with van der Waals surface area (Å²) in [4.78, 5) is 16.0. The van der Waals surface area contributed by atoms with Gasteiger partial charge in [0.05, 0.1) is 12.1 Å². The van der Waals surface area contributed by atoms with Gasteiger partial charge in [-0.15, -0.1) is 10.2 Å². The highest BCUT2D eigenvalue weighted by Gasteiger charge is 2.12. The van der Waals surface area contributed by atoms with Crippen LogP contribution in [0.3, 0.4) is 0 Å². The van der Waals surface area contributed by atoms with Crippen molar-refractivity contribution in [2.75, 3.05) is 11.9 Å². The van der Waals surface area contributed by atoms with E-state index < -0.39 is 0 Å². The van der Waals surface area contributed by atoms with Crippen molar-refractivity contribution in [3.8, 4) is 11.8 Å². The van der Waals surface area contributed by atoms with Crippen LogP contribution in [0.2, 0.25) is 0 Å². The number of nitrogens with one attached hydrogen (secondary N) is 1. The first kappa shape index (κ1) is 12.2. The zero-order chi connectivity index (χ0) is 12.8. The van der Waals surface area contributed by atoms with E-state index in [1.165, 1.54) is 23.0 Å². The number of nitrogens with two attached hydrogens (primary N) is 1. The molecule has 0 atom stereocenters. The number of nitrogens with zero attached hydrogens (tertiary/aromatic N) is 3. The minimum Gasteiger partial charge on any atom is -0.320 e. The van der Waals surface area contributed by atoms with Gasteiger partial charge >= 0.3 is 0 Å². The van der Waals surface area contributed by atoms with Crippen molar-refractivity contribution < 1.29 is 4.79 Å². The summed E-state index contributed by atoms with van der Waals surface area (Å²) in [6.45, 7) is 0.229. The summed E-state index contributed by atoms with van der Waals surface area (Å²) >= 11 is 1.23. The van der Waals surface area contributed by atoms with Crippen molar-refractivity contribution >= 4 is 22.4 Å². The number of amides is 1. The van der Waals surface area contributed by atoms with E-state index in [0.29, 0.717) is 10.7 Å². The number of hydrogen-bond acceptors (Lipinski definition) is 6. The molecule has 0 unspecified atom stereocenters. The maximum atomic E-state index is 12.0. The van der Waals surface area contributed by atoms with E-state index in [1.807, 2.05) is 0 Å². The minimum absolute atomic E-state index is 0.229. The smallest absolute Gasteiger partial charge is 0.277 e. The topological polar surface area (TPSA) is 93.8 Å². The zero-order valence-corrected chi connectivity index (χ0v) is 10.1. The molecule has 2 aromatic heterocycles. The number of aromatic nitrogens is 3. The standard InChI is InChI=1S/C11H9N5OS/c12-5-1-3-8-4-2-6-13-9(8)10(17)15-11-16-14-7-18-11/h2,4,6-7H,5,12H2,(H,15,16,17). The molecule has 18 heavy (non-hydrogen) atoms. The van der Waals surface area contributed by atoms with Crippen LogP contribution >= 0.6 is 11.3 Å². The van der Waals surface area contributed by atoms with Gasteiger partial charge in [-0.1, -0.05) is 23.2 Å². The SMILES string of the molecule is NCC#Cc1cccnc1C(=O)Nc1nncs1. The lowest BCUT2D eigenvalue weighted by atomic mass is 10.2. The first-order valence-corrected chi connectivity index (χ1v) is 5.90. The molecule has 6 nitrogen and oxygen atoms in total. The first-order valence-electron chi connectivity index (χ1n) is 5.02. The Morgan fingerprint density at radius 3 is 3.17 bits per heavy atom.